The summed E-state index contributed by atoms with van der Waals surface area (Å²) in [5.41, 5.74) is 2.83. The number of hydrogen-bond donors (Lipinski definition) is 1. The van der Waals surface area contributed by atoms with Gasteiger partial charge in [-0.3, -0.25) is 14.6 Å². The van der Waals surface area contributed by atoms with Crippen LogP contribution in [0.15, 0.2) is 67.4 Å². The van der Waals surface area contributed by atoms with Crippen molar-refractivity contribution >= 4 is 39.9 Å². The summed E-state index contributed by atoms with van der Waals surface area (Å²) in [4.78, 5) is 36.6. The number of nitrogens with one attached hydrogen (secondary N) is 1. The van der Waals surface area contributed by atoms with Gasteiger partial charge >= 0.3 is 0 Å². The van der Waals surface area contributed by atoms with Gasteiger partial charge in [0.2, 0.25) is 5.91 Å². The van der Waals surface area contributed by atoms with Gasteiger partial charge in [0, 0.05) is 42.1 Å². The smallest absolute Gasteiger partial charge is 0.272 e. The minimum absolute atomic E-state index is 0.171. The molecule has 0 bridgehead atoms. The molecule has 3 heterocycles. The number of halogens is 1. The van der Waals surface area contributed by atoms with E-state index in [0.29, 0.717) is 22.9 Å². The van der Waals surface area contributed by atoms with Crippen molar-refractivity contribution in [3.05, 3.63) is 89.2 Å². The molecular weight excluding hydrogens is 426 g/mol. The average Bonchev–Trinajstić information content (AvgIpc) is 3.24. The van der Waals surface area contributed by atoms with Crippen LogP contribution in [0.25, 0.3) is 10.8 Å². The first-order valence-electron chi connectivity index (χ1n) is 10.2. The molecule has 8 heteroatoms. The van der Waals surface area contributed by atoms with E-state index < -0.39 is 5.92 Å². The molecule has 32 heavy (non-hydrogen) atoms. The Balaban J connectivity index is 1.49. The molecule has 1 atom stereocenters. The quantitative estimate of drug-likeness (QED) is 0.517. The van der Waals surface area contributed by atoms with Gasteiger partial charge < -0.3 is 14.8 Å². The molecule has 0 saturated heterocycles. The topological polar surface area (TPSA) is 80.1 Å². The highest BCUT2D eigenvalue weighted by atomic mass is 35.5. The van der Waals surface area contributed by atoms with Crippen molar-refractivity contribution < 1.29 is 9.59 Å². The van der Waals surface area contributed by atoms with E-state index in [2.05, 4.69) is 15.3 Å². The molecular formula is C24H20ClN5O2. The molecule has 0 saturated carbocycles. The van der Waals surface area contributed by atoms with Crippen molar-refractivity contribution in [1.29, 1.82) is 0 Å². The van der Waals surface area contributed by atoms with Crippen molar-refractivity contribution in [2.45, 2.75) is 12.5 Å². The molecule has 1 unspecified atom stereocenters. The maximum Gasteiger partial charge on any atom is 0.272 e. The number of carbonyl (C=O) groups is 2. The van der Waals surface area contributed by atoms with Gasteiger partial charge in [-0.05, 0) is 23.3 Å². The first-order valence-corrected chi connectivity index (χ1v) is 10.6. The molecule has 1 aliphatic heterocycles. The summed E-state index contributed by atoms with van der Waals surface area (Å²) in [5, 5.41) is 5.42. The predicted octanol–water partition coefficient (Wildman–Crippen LogP) is 4.00. The van der Waals surface area contributed by atoms with Gasteiger partial charge in [-0.15, -0.1) is 0 Å². The Morgan fingerprint density at radius 1 is 1.09 bits per heavy atom. The van der Waals surface area contributed by atoms with Crippen molar-refractivity contribution in [2.75, 3.05) is 11.9 Å². The zero-order chi connectivity index (χ0) is 22.2. The van der Waals surface area contributed by atoms with E-state index >= 15 is 0 Å². The number of rotatable bonds is 3. The summed E-state index contributed by atoms with van der Waals surface area (Å²) in [7, 11) is 1.77. The van der Waals surface area contributed by atoms with Gasteiger partial charge in [-0.25, -0.2) is 4.98 Å². The molecule has 1 aliphatic rings. The van der Waals surface area contributed by atoms with Crippen LogP contribution in [0.2, 0.25) is 5.02 Å². The van der Waals surface area contributed by atoms with E-state index in [1.807, 2.05) is 36.4 Å². The van der Waals surface area contributed by atoms with Crippen LogP contribution in [-0.4, -0.2) is 37.8 Å². The first kappa shape index (κ1) is 20.2. The largest absolute Gasteiger partial charge is 0.332 e. The molecule has 1 N–H and O–H groups in total. The Labute approximate surface area is 189 Å². The van der Waals surface area contributed by atoms with E-state index in [0.717, 1.165) is 21.9 Å². The molecule has 0 fully saturated rings. The second-order valence-corrected chi connectivity index (χ2v) is 8.31. The number of benzene rings is 2. The number of nitrogens with zero attached hydrogens (tertiary/aromatic N) is 4. The lowest BCUT2D eigenvalue weighted by molar-refractivity contribution is -0.118. The van der Waals surface area contributed by atoms with Crippen LogP contribution < -0.4 is 5.32 Å². The summed E-state index contributed by atoms with van der Waals surface area (Å²) in [6.07, 6.45) is 6.52. The van der Waals surface area contributed by atoms with E-state index in [1.165, 1.54) is 6.20 Å². The Morgan fingerprint density at radius 3 is 2.75 bits per heavy atom. The first-order chi connectivity index (χ1) is 15.5. The van der Waals surface area contributed by atoms with Crippen LogP contribution in [0.5, 0.6) is 0 Å². The summed E-state index contributed by atoms with van der Waals surface area (Å²) < 4.78 is 1.68. The molecule has 5 rings (SSSR count). The third kappa shape index (κ3) is 3.61. The summed E-state index contributed by atoms with van der Waals surface area (Å²) in [5.74, 6) is -0.960. The van der Waals surface area contributed by atoms with Crippen LogP contribution in [0, 0.1) is 0 Å². The second kappa shape index (κ2) is 8.09. The monoisotopic (exact) mass is 445 g/mol. The highest BCUT2D eigenvalue weighted by Gasteiger charge is 2.34. The number of pyridine rings is 1. The molecule has 7 nitrogen and oxygen atoms in total. The molecule has 4 aromatic rings. The normalized spacial score (nSPS) is 15.4. The summed E-state index contributed by atoms with van der Waals surface area (Å²) in [6, 6.07) is 13.2. The molecule has 0 radical (unpaired) electrons. The van der Waals surface area contributed by atoms with E-state index in [1.54, 1.807) is 41.3 Å². The number of aryl methyl sites for hydroxylation is 1. The molecule has 0 spiro atoms. The maximum atomic E-state index is 13.5. The lowest BCUT2D eigenvalue weighted by Gasteiger charge is -2.34. The van der Waals surface area contributed by atoms with Crippen molar-refractivity contribution in [3.63, 3.8) is 0 Å². The van der Waals surface area contributed by atoms with E-state index in [9.17, 15) is 9.59 Å². The SMILES string of the molecule is Cn1cncc1C(=O)N1Cc2ccc(Cl)cc2C(C(=O)Nc2cncc3ccccc23)C1. The fraction of sp³-hybridized carbons (Fsp3) is 0.167. The van der Waals surface area contributed by atoms with Gasteiger partial charge in [0.15, 0.2) is 0 Å². The second-order valence-electron chi connectivity index (χ2n) is 7.87. The number of carbonyl (C=O) groups excluding carboxylic acids is 2. The fourth-order valence-corrected chi connectivity index (χ4v) is 4.34. The molecule has 160 valence electrons. The van der Waals surface area contributed by atoms with Crippen molar-refractivity contribution in [2.24, 2.45) is 7.05 Å². The Morgan fingerprint density at radius 2 is 1.94 bits per heavy atom. The minimum atomic E-state index is -0.575. The molecule has 2 aromatic carbocycles. The van der Waals surface area contributed by atoms with Gasteiger partial charge in [0.1, 0.15) is 5.69 Å². The molecule has 2 amide bonds. The third-order valence-corrected chi connectivity index (χ3v) is 6.05. The van der Waals surface area contributed by atoms with Crippen LogP contribution in [-0.2, 0) is 18.4 Å². The number of imidazole rings is 1. The van der Waals surface area contributed by atoms with Crippen molar-refractivity contribution in [1.82, 2.24) is 19.4 Å². The van der Waals surface area contributed by atoms with Crippen LogP contribution in [0.4, 0.5) is 5.69 Å². The number of hydrogen-bond acceptors (Lipinski definition) is 4. The molecule has 2 aromatic heterocycles. The third-order valence-electron chi connectivity index (χ3n) is 5.81. The summed E-state index contributed by atoms with van der Waals surface area (Å²) >= 11 is 6.25. The fourth-order valence-electron chi connectivity index (χ4n) is 4.16. The van der Waals surface area contributed by atoms with Gasteiger partial charge in [-0.1, -0.05) is 41.9 Å². The standard InChI is InChI=1S/C24H20ClN5O2/c1-29-14-27-11-22(29)24(32)30-12-16-6-7-17(25)8-19(16)20(13-30)23(31)28-21-10-26-9-15-4-2-3-5-18(15)21/h2-11,14,20H,12-13H2,1H3,(H,28,31). The lowest BCUT2D eigenvalue weighted by Crippen LogP contribution is -2.42. The Bertz CT molecular complexity index is 1340. The van der Waals surface area contributed by atoms with Crippen LogP contribution in [0.1, 0.15) is 27.5 Å². The lowest BCUT2D eigenvalue weighted by atomic mass is 9.88. The van der Waals surface area contributed by atoms with E-state index in [4.69, 9.17) is 11.6 Å². The zero-order valence-electron chi connectivity index (χ0n) is 17.3. The summed E-state index contributed by atoms with van der Waals surface area (Å²) in [6.45, 7) is 0.636. The number of anilines is 1. The van der Waals surface area contributed by atoms with Gasteiger partial charge in [0.25, 0.3) is 5.91 Å². The van der Waals surface area contributed by atoms with Crippen molar-refractivity contribution in [3.8, 4) is 0 Å². The average molecular weight is 446 g/mol. The van der Waals surface area contributed by atoms with Crippen LogP contribution >= 0.6 is 11.6 Å². The minimum Gasteiger partial charge on any atom is -0.332 e. The number of aromatic nitrogens is 3. The van der Waals surface area contributed by atoms with Gasteiger partial charge in [-0.2, -0.15) is 0 Å². The Hall–Kier alpha value is -3.71. The highest BCUT2D eigenvalue weighted by molar-refractivity contribution is 6.30. The van der Waals surface area contributed by atoms with Gasteiger partial charge in [0.05, 0.1) is 30.3 Å². The number of fused-ring (bicyclic) bond motifs is 2. The Kier molecular flexibility index (Phi) is 5.11. The maximum absolute atomic E-state index is 13.5. The van der Waals surface area contributed by atoms with Crippen LogP contribution in [0.3, 0.4) is 0 Å². The zero-order valence-corrected chi connectivity index (χ0v) is 18.1. The predicted molar refractivity (Wildman–Crippen MR) is 123 cm³/mol. The molecule has 0 aliphatic carbocycles. The highest BCUT2D eigenvalue weighted by Crippen LogP contribution is 2.33. The number of amides is 2. The van der Waals surface area contributed by atoms with E-state index in [-0.39, 0.29) is 18.4 Å².